The fourth-order valence-corrected chi connectivity index (χ4v) is 4.97. The molecule has 0 aliphatic carbocycles. The van der Waals surface area contributed by atoms with Crippen LogP contribution in [0, 0.1) is 13.8 Å². The van der Waals surface area contributed by atoms with Crippen molar-refractivity contribution in [3.05, 3.63) is 82.9 Å². The number of rotatable bonds is 5. The SMILES string of the molecule is COc1ccc(-c2cc(-c3ccco3)c3c(N)c(C(=O)Nc4ccc(C)cc4C)sc3n2)cc1. The molecule has 0 aliphatic rings. The molecule has 5 rings (SSSR count). The number of hydrogen-bond donors (Lipinski definition) is 2. The molecule has 0 spiro atoms. The van der Waals surface area contributed by atoms with Gasteiger partial charge in [-0.1, -0.05) is 17.7 Å². The summed E-state index contributed by atoms with van der Waals surface area (Å²) in [6.07, 6.45) is 1.62. The van der Waals surface area contributed by atoms with E-state index in [2.05, 4.69) is 5.32 Å². The number of pyridine rings is 1. The van der Waals surface area contributed by atoms with Crippen LogP contribution in [0.3, 0.4) is 0 Å². The molecular weight excluding hydrogens is 446 g/mol. The number of hydrogen-bond acceptors (Lipinski definition) is 6. The number of anilines is 2. The van der Waals surface area contributed by atoms with Crippen molar-refractivity contribution in [3.63, 3.8) is 0 Å². The monoisotopic (exact) mass is 469 g/mol. The van der Waals surface area contributed by atoms with Crippen LogP contribution in [0.4, 0.5) is 11.4 Å². The number of ether oxygens (including phenoxy) is 1. The first-order valence-electron chi connectivity index (χ1n) is 10.7. The van der Waals surface area contributed by atoms with Crippen LogP contribution in [0.25, 0.3) is 32.8 Å². The summed E-state index contributed by atoms with van der Waals surface area (Å²) in [5, 5.41) is 3.71. The summed E-state index contributed by atoms with van der Waals surface area (Å²) in [4.78, 5) is 19.2. The van der Waals surface area contributed by atoms with Gasteiger partial charge >= 0.3 is 0 Å². The molecule has 3 heterocycles. The van der Waals surface area contributed by atoms with Crippen molar-refractivity contribution in [2.45, 2.75) is 13.8 Å². The molecule has 7 heteroatoms. The van der Waals surface area contributed by atoms with Gasteiger partial charge in [-0.3, -0.25) is 4.79 Å². The Labute approximate surface area is 201 Å². The summed E-state index contributed by atoms with van der Waals surface area (Å²) >= 11 is 1.27. The van der Waals surface area contributed by atoms with E-state index in [1.54, 1.807) is 13.4 Å². The van der Waals surface area contributed by atoms with Crippen molar-refractivity contribution < 1.29 is 13.9 Å². The second-order valence-electron chi connectivity index (χ2n) is 8.06. The Kier molecular flexibility index (Phi) is 5.55. The van der Waals surface area contributed by atoms with Crippen LogP contribution >= 0.6 is 11.3 Å². The second-order valence-corrected chi connectivity index (χ2v) is 9.06. The summed E-state index contributed by atoms with van der Waals surface area (Å²) in [5.74, 6) is 1.17. The number of amides is 1. The first-order valence-corrected chi connectivity index (χ1v) is 11.6. The van der Waals surface area contributed by atoms with Crippen molar-refractivity contribution in [2.75, 3.05) is 18.2 Å². The van der Waals surface area contributed by atoms with Crippen LogP contribution in [-0.2, 0) is 0 Å². The largest absolute Gasteiger partial charge is 0.497 e. The van der Waals surface area contributed by atoms with Crippen LogP contribution in [-0.4, -0.2) is 18.0 Å². The van der Waals surface area contributed by atoms with Gasteiger partial charge in [0, 0.05) is 22.2 Å². The number of nitrogens with one attached hydrogen (secondary N) is 1. The predicted octanol–water partition coefficient (Wildman–Crippen LogP) is 6.68. The molecule has 0 bridgehead atoms. The molecule has 34 heavy (non-hydrogen) atoms. The Morgan fingerprint density at radius 1 is 1.09 bits per heavy atom. The zero-order valence-electron chi connectivity index (χ0n) is 19.0. The van der Waals surface area contributed by atoms with Gasteiger partial charge in [-0.05, 0) is 67.9 Å². The molecule has 1 amide bonds. The van der Waals surface area contributed by atoms with Crippen molar-refractivity contribution in [1.82, 2.24) is 4.98 Å². The van der Waals surface area contributed by atoms with Gasteiger partial charge in [0.1, 0.15) is 21.2 Å². The van der Waals surface area contributed by atoms with Gasteiger partial charge in [0.2, 0.25) is 0 Å². The van der Waals surface area contributed by atoms with E-state index in [1.165, 1.54) is 11.3 Å². The minimum absolute atomic E-state index is 0.260. The van der Waals surface area contributed by atoms with Crippen LogP contribution < -0.4 is 15.8 Å². The molecule has 3 aromatic heterocycles. The number of aryl methyl sites for hydroxylation is 2. The Hall–Kier alpha value is -4.10. The molecule has 3 N–H and O–H groups in total. The van der Waals surface area contributed by atoms with E-state index in [-0.39, 0.29) is 5.91 Å². The number of methoxy groups -OCH3 is 1. The highest BCUT2D eigenvalue weighted by atomic mass is 32.1. The lowest BCUT2D eigenvalue weighted by molar-refractivity contribution is 0.103. The molecule has 0 aliphatic heterocycles. The summed E-state index contributed by atoms with van der Waals surface area (Å²) in [6.45, 7) is 3.99. The maximum atomic E-state index is 13.2. The summed E-state index contributed by atoms with van der Waals surface area (Å²) in [7, 11) is 1.63. The Balaban J connectivity index is 1.63. The fraction of sp³-hybridized carbons (Fsp3) is 0.111. The quantitative estimate of drug-likeness (QED) is 0.299. The number of carbonyl (C=O) groups is 1. The number of thiophene rings is 1. The van der Waals surface area contributed by atoms with E-state index in [4.69, 9.17) is 19.9 Å². The van der Waals surface area contributed by atoms with Crippen molar-refractivity contribution in [2.24, 2.45) is 0 Å². The van der Waals surface area contributed by atoms with Gasteiger partial charge in [0.25, 0.3) is 5.91 Å². The van der Waals surface area contributed by atoms with Crippen molar-refractivity contribution in [1.29, 1.82) is 0 Å². The summed E-state index contributed by atoms with van der Waals surface area (Å²) in [6, 6.07) is 19.2. The highest BCUT2D eigenvalue weighted by Gasteiger charge is 2.23. The van der Waals surface area contributed by atoms with Crippen molar-refractivity contribution in [3.8, 4) is 28.3 Å². The smallest absolute Gasteiger partial charge is 0.267 e. The number of carbonyl (C=O) groups excluding carboxylic acids is 1. The predicted molar refractivity (Wildman–Crippen MR) is 138 cm³/mol. The molecule has 0 fully saturated rings. The van der Waals surface area contributed by atoms with Crippen LogP contribution in [0.2, 0.25) is 0 Å². The first kappa shape index (κ1) is 21.7. The second kappa shape index (κ2) is 8.68. The molecule has 0 saturated heterocycles. The lowest BCUT2D eigenvalue weighted by atomic mass is 10.0. The molecule has 0 atom stereocenters. The molecule has 0 saturated carbocycles. The molecule has 6 nitrogen and oxygen atoms in total. The molecule has 0 radical (unpaired) electrons. The molecule has 170 valence electrons. The Bertz CT molecular complexity index is 1500. The number of fused-ring (bicyclic) bond motifs is 1. The third-order valence-electron chi connectivity index (χ3n) is 5.71. The van der Waals surface area contributed by atoms with E-state index >= 15 is 0 Å². The normalized spacial score (nSPS) is 11.0. The van der Waals surface area contributed by atoms with Crippen LogP contribution in [0.5, 0.6) is 5.75 Å². The number of benzene rings is 2. The van der Waals surface area contributed by atoms with E-state index in [1.807, 2.05) is 74.5 Å². The summed E-state index contributed by atoms with van der Waals surface area (Å²) < 4.78 is 11.0. The van der Waals surface area contributed by atoms with Crippen LogP contribution in [0.15, 0.2) is 71.3 Å². The third kappa shape index (κ3) is 3.91. The van der Waals surface area contributed by atoms with Gasteiger partial charge < -0.3 is 20.2 Å². The Morgan fingerprint density at radius 2 is 1.88 bits per heavy atom. The first-order chi connectivity index (χ1) is 16.4. The molecular formula is C27H23N3O3S. The van der Waals surface area contributed by atoms with Gasteiger partial charge in [-0.2, -0.15) is 0 Å². The Morgan fingerprint density at radius 3 is 2.56 bits per heavy atom. The minimum atomic E-state index is -0.260. The number of nitrogens with zero attached hydrogens (tertiary/aromatic N) is 1. The van der Waals surface area contributed by atoms with Gasteiger partial charge in [0.05, 0.1) is 24.8 Å². The van der Waals surface area contributed by atoms with E-state index in [0.29, 0.717) is 26.5 Å². The minimum Gasteiger partial charge on any atom is -0.497 e. The van der Waals surface area contributed by atoms with Gasteiger partial charge in [-0.15, -0.1) is 11.3 Å². The highest BCUT2D eigenvalue weighted by Crippen LogP contribution is 2.42. The van der Waals surface area contributed by atoms with Crippen molar-refractivity contribution >= 4 is 38.8 Å². The standard InChI is InChI=1S/C27H23N3O3S/c1-15-6-11-20(16(2)13-15)29-26(31)25-24(28)23-19(22-5-4-12-33-22)14-21(30-27(23)34-25)17-7-9-18(32-3)10-8-17/h4-14H,28H2,1-3H3,(H,29,31). The molecule has 2 aromatic carbocycles. The number of furan rings is 1. The lowest BCUT2D eigenvalue weighted by Gasteiger charge is -2.09. The average molecular weight is 470 g/mol. The van der Waals surface area contributed by atoms with E-state index in [0.717, 1.165) is 39.4 Å². The van der Waals surface area contributed by atoms with Gasteiger partial charge in [-0.25, -0.2) is 4.98 Å². The van der Waals surface area contributed by atoms with E-state index in [9.17, 15) is 4.79 Å². The number of aromatic nitrogens is 1. The zero-order valence-corrected chi connectivity index (χ0v) is 19.8. The van der Waals surface area contributed by atoms with Gasteiger partial charge in [0.15, 0.2) is 0 Å². The number of nitrogens with two attached hydrogens (primary N) is 1. The zero-order chi connectivity index (χ0) is 23.8. The highest BCUT2D eigenvalue weighted by molar-refractivity contribution is 7.21. The van der Waals surface area contributed by atoms with E-state index < -0.39 is 0 Å². The number of nitrogen functional groups attached to an aromatic ring is 1. The topological polar surface area (TPSA) is 90.4 Å². The maximum absolute atomic E-state index is 13.2. The fourth-order valence-electron chi connectivity index (χ4n) is 3.96. The van der Waals surface area contributed by atoms with Crippen LogP contribution in [0.1, 0.15) is 20.8 Å². The molecule has 0 unspecified atom stereocenters. The molecule has 5 aromatic rings. The maximum Gasteiger partial charge on any atom is 0.267 e. The average Bonchev–Trinajstić information content (AvgIpc) is 3.49. The third-order valence-corrected chi connectivity index (χ3v) is 6.81. The summed E-state index contributed by atoms with van der Waals surface area (Å²) in [5.41, 5.74) is 12.3. The lowest BCUT2D eigenvalue weighted by Crippen LogP contribution is -2.12.